The van der Waals surface area contributed by atoms with Gasteiger partial charge in [-0.2, -0.15) is 0 Å². The summed E-state index contributed by atoms with van der Waals surface area (Å²) in [6, 6.07) is 65.9. The van der Waals surface area contributed by atoms with E-state index in [2.05, 4.69) is 164 Å². The van der Waals surface area contributed by atoms with E-state index in [1.807, 2.05) is 24.3 Å². The van der Waals surface area contributed by atoms with Gasteiger partial charge in [0.2, 0.25) is 0 Å². The number of para-hydroxylation sites is 2. The molecule has 0 saturated carbocycles. The molecule has 0 bridgehead atoms. The van der Waals surface area contributed by atoms with Gasteiger partial charge in [0.25, 0.3) is 0 Å². The lowest BCUT2D eigenvalue weighted by atomic mass is 9.93. The van der Waals surface area contributed by atoms with Crippen molar-refractivity contribution in [2.45, 2.75) is 0 Å². The molecule has 4 heteroatoms. The third-order valence-corrected chi connectivity index (χ3v) is 10.7. The van der Waals surface area contributed by atoms with Crippen LogP contribution in [0.1, 0.15) is 0 Å². The predicted octanol–water partition coefficient (Wildman–Crippen LogP) is 13.6. The summed E-state index contributed by atoms with van der Waals surface area (Å²) in [6.45, 7) is 0. The van der Waals surface area contributed by atoms with Crippen molar-refractivity contribution in [2.24, 2.45) is 0 Å². The quantitative estimate of drug-likeness (QED) is 0.179. The SMILES string of the molecule is c1ccc2cc(-c3ccc(-c4nc(-c5ccc(-c6cccc7ccccc67)cc5)nc(-c5cccc6c5oc5ccccc56)n4)c4ccccc34)ccc2c1. The molecule has 55 heavy (non-hydrogen) atoms. The van der Waals surface area contributed by atoms with Gasteiger partial charge in [0.15, 0.2) is 17.5 Å². The van der Waals surface area contributed by atoms with Crippen molar-refractivity contribution in [3.05, 3.63) is 188 Å². The summed E-state index contributed by atoms with van der Waals surface area (Å²) in [5.74, 6) is 1.76. The molecule has 0 unspecified atom stereocenters. The summed E-state index contributed by atoms with van der Waals surface area (Å²) in [5.41, 5.74) is 8.92. The Morgan fingerprint density at radius 1 is 0.291 bits per heavy atom. The summed E-state index contributed by atoms with van der Waals surface area (Å²) in [6.07, 6.45) is 0. The second kappa shape index (κ2) is 12.6. The number of furan rings is 1. The van der Waals surface area contributed by atoms with Crippen LogP contribution in [0.15, 0.2) is 192 Å². The van der Waals surface area contributed by atoms with Gasteiger partial charge in [-0.25, -0.2) is 15.0 Å². The van der Waals surface area contributed by atoms with Crippen LogP contribution in [-0.2, 0) is 0 Å². The lowest BCUT2D eigenvalue weighted by molar-refractivity contribution is 0.669. The third-order valence-electron chi connectivity index (χ3n) is 10.7. The Balaban J connectivity index is 1.10. The van der Waals surface area contributed by atoms with Gasteiger partial charge in [0.05, 0.1) is 5.56 Å². The molecule has 0 fully saturated rings. The van der Waals surface area contributed by atoms with Crippen molar-refractivity contribution in [1.82, 2.24) is 15.0 Å². The maximum absolute atomic E-state index is 6.49. The Hall–Kier alpha value is -7.43. The maximum atomic E-state index is 6.49. The van der Waals surface area contributed by atoms with Gasteiger partial charge in [-0.1, -0.05) is 164 Å². The van der Waals surface area contributed by atoms with Crippen LogP contribution in [0.2, 0.25) is 0 Å². The van der Waals surface area contributed by atoms with Crippen molar-refractivity contribution < 1.29 is 4.42 Å². The van der Waals surface area contributed by atoms with Crippen molar-refractivity contribution in [3.8, 4) is 56.4 Å². The van der Waals surface area contributed by atoms with Crippen LogP contribution in [0, 0.1) is 0 Å². The van der Waals surface area contributed by atoms with Crippen molar-refractivity contribution in [1.29, 1.82) is 0 Å². The maximum Gasteiger partial charge on any atom is 0.167 e. The zero-order valence-electron chi connectivity index (χ0n) is 29.6. The molecule has 0 amide bonds. The van der Waals surface area contributed by atoms with E-state index in [4.69, 9.17) is 19.4 Å². The van der Waals surface area contributed by atoms with Gasteiger partial charge < -0.3 is 4.42 Å². The van der Waals surface area contributed by atoms with Crippen molar-refractivity contribution >= 4 is 54.3 Å². The first-order valence-electron chi connectivity index (χ1n) is 18.5. The molecular formula is C51H31N3O. The van der Waals surface area contributed by atoms with Crippen LogP contribution in [-0.4, -0.2) is 15.0 Å². The molecule has 0 radical (unpaired) electrons. The minimum atomic E-state index is 0.561. The Labute approximate surface area is 317 Å². The number of rotatable bonds is 5. The lowest BCUT2D eigenvalue weighted by Gasteiger charge is -2.14. The monoisotopic (exact) mass is 701 g/mol. The normalized spacial score (nSPS) is 11.6. The number of aromatic nitrogens is 3. The first-order valence-corrected chi connectivity index (χ1v) is 18.5. The average Bonchev–Trinajstić information content (AvgIpc) is 3.65. The van der Waals surface area contributed by atoms with E-state index in [9.17, 15) is 0 Å². The number of nitrogens with zero attached hydrogens (tertiary/aromatic N) is 3. The van der Waals surface area contributed by atoms with E-state index in [1.54, 1.807) is 0 Å². The molecule has 0 aliphatic carbocycles. The van der Waals surface area contributed by atoms with E-state index in [1.165, 1.54) is 32.7 Å². The molecule has 0 spiro atoms. The fraction of sp³-hybridized carbons (Fsp3) is 0. The molecule has 0 aliphatic heterocycles. The summed E-state index contributed by atoms with van der Waals surface area (Å²) >= 11 is 0. The lowest BCUT2D eigenvalue weighted by Crippen LogP contribution is -2.01. The molecule has 4 nitrogen and oxygen atoms in total. The molecule has 0 N–H and O–H groups in total. The van der Waals surface area contributed by atoms with E-state index in [-0.39, 0.29) is 0 Å². The molecule has 11 rings (SSSR count). The molecular weight excluding hydrogens is 671 g/mol. The minimum absolute atomic E-state index is 0.561. The Kier molecular flexibility index (Phi) is 7.14. The Morgan fingerprint density at radius 2 is 0.818 bits per heavy atom. The van der Waals surface area contributed by atoms with E-state index >= 15 is 0 Å². The fourth-order valence-corrected chi connectivity index (χ4v) is 8.05. The van der Waals surface area contributed by atoms with Crippen molar-refractivity contribution in [2.75, 3.05) is 0 Å². The molecule has 256 valence electrons. The first-order chi connectivity index (χ1) is 27.2. The van der Waals surface area contributed by atoms with E-state index in [0.29, 0.717) is 17.5 Å². The topological polar surface area (TPSA) is 51.8 Å². The highest BCUT2D eigenvalue weighted by Crippen LogP contribution is 2.39. The summed E-state index contributed by atoms with van der Waals surface area (Å²) in [5, 5.41) is 9.18. The molecule has 2 aromatic heterocycles. The van der Waals surface area contributed by atoms with Crippen LogP contribution >= 0.6 is 0 Å². The second-order valence-electron chi connectivity index (χ2n) is 14.0. The Bertz CT molecular complexity index is 3270. The van der Waals surface area contributed by atoms with Crippen LogP contribution in [0.4, 0.5) is 0 Å². The van der Waals surface area contributed by atoms with Gasteiger partial charge >= 0.3 is 0 Å². The van der Waals surface area contributed by atoms with Crippen LogP contribution in [0.5, 0.6) is 0 Å². The molecule has 0 aliphatic rings. The summed E-state index contributed by atoms with van der Waals surface area (Å²) in [4.78, 5) is 15.6. The molecule has 0 saturated heterocycles. The van der Waals surface area contributed by atoms with Gasteiger partial charge in [-0.3, -0.25) is 0 Å². The predicted molar refractivity (Wildman–Crippen MR) is 227 cm³/mol. The Morgan fingerprint density at radius 3 is 1.65 bits per heavy atom. The molecule has 11 aromatic rings. The van der Waals surface area contributed by atoms with Gasteiger partial charge in [-0.15, -0.1) is 0 Å². The fourth-order valence-electron chi connectivity index (χ4n) is 8.05. The van der Waals surface area contributed by atoms with Gasteiger partial charge in [0.1, 0.15) is 11.2 Å². The van der Waals surface area contributed by atoms with E-state index < -0.39 is 0 Å². The molecule has 2 heterocycles. The highest BCUT2D eigenvalue weighted by Gasteiger charge is 2.19. The van der Waals surface area contributed by atoms with Crippen LogP contribution < -0.4 is 0 Å². The molecule has 0 atom stereocenters. The second-order valence-corrected chi connectivity index (χ2v) is 14.0. The molecule has 9 aromatic carbocycles. The number of fused-ring (bicyclic) bond motifs is 6. The standard InChI is InChI=1S/C51H31N3O/c1-2-13-36-31-37(28-23-32(36)11-1)40-29-30-45(42-17-6-5-16-41(40)42)50-52-49(35-26-24-34(25-27-35)39-19-9-14-33-12-3-4-15-38(33)39)53-51(54-50)46-21-10-20-44-43-18-7-8-22-47(43)55-48(44)46/h1-31H. The van der Waals surface area contributed by atoms with Gasteiger partial charge in [0, 0.05) is 21.9 Å². The zero-order chi connectivity index (χ0) is 36.3. The van der Waals surface area contributed by atoms with Crippen LogP contribution in [0.3, 0.4) is 0 Å². The highest BCUT2D eigenvalue weighted by atomic mass is 16.3. The van der Waals surface area contributed by atoms with E-state index in [0.717, 1.165) is 60.5 Å². The largest absolute Gasteiger partial charge is 0.455 e. The number of hydrogen-bond donors (Lipinski definition) is 0. The smallest absolute Gasteiger partial charge is 0.167 e. The summed E-state index contributed by atoms with van der Waals surface area (Å²) in [7, 11) is 0. The number of benzene rings is 9. The zero-order valence-corrected chi connectivity index (χ0v) is 29.6. The van der Waals surface area contributed by atoms with Gasteiger partial charge in [-0.05, 0) is 78.8 Å². The average molecular weight is 702 g/mol. The van der Waals surface area contributed by atoms with Crippen LogP contribution in [0.25, 0.3) is 111 Å². The van der Waals surface area contributed by atoms with Crippen molar-refractivity contribution in [3.63, 3.8) is 0 Å². The summed E-state index contributed by atoms with van der Waals surface area (Å²) < 4.78 is 6.49. The first kappa shape index (κ1) is 31.1. The number of hydrogen-bond acceptors (Lipinski definition) is 4. The third kappa shape index (κ3) is 5.26. The highest BCUT2D eigenvalue weighted by molar-refractivity contribution is 6.09. The minimum Gasteiger partial charge on any atom is -0.455 e.